The number of nitrogens with one attached hydrogen (secondary N) is 1. The molecule has 7 heteroatoms. The van der Waals surface area contributed by atoms with Gasteiger partial charge < -0.3 is 15.2 Å². The molecule has 29 heavy (non-hydrogen) atoms. The lowest BCUT2D eigenvalue weighted by atomic mass is 10.2. The molecule has 0 atom stereocenters. The number of hydrogen-bond donors (Lipinski definition) is 2. The molecular weight excluding hydrogens is 370 g/mol. The number of amides is 1. The van der Waals surface area contributed by atoms with Crippen LogP contribution in [0.2, 0.25) is 0 Å². The first-order valence-electron chi connectivity index (χ1n) is 8.97. The van der Waals surface area contributed by atoms with E-state index in [-0.39, 0.29) is 17.1 Å². The molecule has 0 radical (unpaired) electrons. The highest BCUT2D eigenvalue weighted by Crippen LogP contribution is 2.29. The van der Waals surface area contributed by atoms with Gasteiger partial charge in [0.05, 0.1) is 16.7 Å². The molecule has 1 amide bonds. The normalized spacial score (nSPS) is 10.8. The predicted octanol–water partition coefficient (Wildman–Crippen LogP) is 3.63. The third kappa shape index (κ3) is 3.45. The molecule has 0 saturated heterocycles. The quantitative estimate of drug-likeness (QED) is 0.522. The van der Waals surface area contributed by atoms with Crippen LogP contribution in [0.15, 0.2) is 71.5 Å². The average Bonchev–Trinajstić information content (AvgIpc) is 2.93. The first-order valence-corrected chi connectivity index (χ1v) is 8.97. The van der Waals surface area contributed by atoms with Crippen molar-refractivity contribution in [3.8, 4) is 17.2 Å². The van der Waals surface area contributed by atoms with Crippen molar-refractivity contribution in [1.82, 2.24) is 9.13 Å². The van der Waals surface area contributed by atoms with Gasteiger partial charge in [-0.15, -0.1) is 0 Å². The third-order valence-corrected chi connectivity index (χ3v) is 4.71. The summed E-state index contributed by atoms with van der Waals surface area (Å²) in [5.41, 5.74) is 1.56. The molecule has 1 aromatic heterocycles. The number of nitrogens with zero attached hydrogens (tertiary/aromatic N) is 2. The number of carbonyl (C=O) groups is 1. The number of anilines is 1. The van der Waals surface area contributed by atoms with Crippen molar-refractivity contribution in [2.24, 2.45) is 14.1 Å². The van der Waals surface area contributed by atoms with Crippen LogP contribution in [-0.4, -0.2) is 20.1 Å². The molecular formula is C22H19N3O4. The van der Waals surface area contributed by atoms with E-state index in [2.05, 4.69) is 5.32 Å². The number of imidazole rings is 1. The number of phenols is 1. The first-order chi connectivity index (χ1) is 13.9. The summed E-state index contributed by atoms with van der Waals surface area (Å²) in [4.78, 5) is 24.8. The number of carbonyl (C=O) groups excluding carboxylic acids is 1. The molecule has 4 rings (SSSR count). The Balaban J connectivity index is 1.61. The number of aromatic nitrogens is 2. The van der Waals surface area contributed by atoms with Crippen LogP contribution in [0.3, 0.4) is 0 Å². The molecule has 0 aliphatic carbocycles. The largest absolute Gasteiger partial charge is 0.506 e. The zero-order valence-corrected chi connectivity index (χ0v) is 15.9. The number of fused-ring (bicyclic) bond motifs is 1. The van der Waals surface area contributed by atoms with Crippen LogP contribution in [0, 0.1) is 0 Å². The number of phenolic OH excluding ortho intramolecular Hbond substituents is 1. The van der Waals surface area contributed by atoms with Crippen molar-refractivity contribution in [3.05, 3.63) is 82.8 Å². The number of aryl methyl sites for hydroxylation is 2. The molecule has 3 aromatic carbocycles. The molecule has 1 heterocycles. The highest BCUT2D eigenvalue weighted by molar-refractivity contribution is 6.06. The number of hydrogen-bond acceptors (Lipinski definition) is 4. The van der Waals surface area contributed by atoms with Gasteiger partial charge in [0, 0.05) is 25.7 Å². The van der Waals surface area contributed by atoms with Gasteiger partial charge >= 0.3 is 5.69 Å². The smallest absolute Gasteiger partial charge is 0.328 e. The van der Waals surface area contributed by atoms with Crippen LogP contribution < -0.4 is 15.7 Å². The molecule has 0 aliphatic heterocycles. The molecule has 0 unspecified atom stereocenters. The van der Waals surface area contributed by atoms with Crippen LogP contribution >= 0.6 is 0 Å². The van der Waals surface area contributed by atoms with Crippen LogP contribution in [0.25, 0.3) is 11.0 Å². The van der Waals surface area contributed by atoms with E-state index in [0.717, 1.165) is 0 Å². The van der Waals surface area contributed by atoms with Gasteiger partial charge in [-0.25, -0.2) is 4.79 Å². The Labute approximate surface area is 166 Å². The van der Waals surface area contributed by atoms with Gasteiger partial charge in [-0.2, -0.15) is 0 Å². The van der Waals surface area contributed by atoms with E-state index >= 15 is 0 Å². The average molecular weight is 389 g/mol. The van der Waals surface area contributed by atoms with Crippen LogP contribution in [0.1, 0.15) is 10.4 Å². The molecule has 146 valence electrons. The van der Waals surface area contributed by atoms with Gasteiger partial charge in [-0.05, 0) is 36.4 Å². The molecule has 0 spiro atoms. The van der Waals surface area contributed by atoms with Crippen LogP contribution in [0.4, 0.5) is 5.69 Å². The summed E-state index contributed by atoms with van der Waals surface area (Å²) in [5, 5.41) is 13.0. The maximum absolute atomic E-state index is 12.7. The van der Waals surface area contributed by atoms with Gasteiger partial charge in [-0.1, -0.05) is 24.3 Å². The summed E-state index contributed by atoms with van der Waals surface area (Å²) >= 11 is 0. The van der Waals surface area contributed by atoms with Gasteiger partial charge in [0.1, 0.15) is 17.2 Å². The molecule has 4 aromatic rings. The Bertz CT molecular complexity index is 1270. The first kappa shape index (κ1) is 18.4. The van der Waals surface area contributed by atoms with E-state index in [1.165, 1.54) is 15.2 Å². The SMILES string of the molecule is Cn1c(=O)n(C)c2cc(NC(=O)c3cccc(Oc4ccccc4)c3)c(O)cc21. The van der Waals surface area contributed by atoms with E-state index in [1.807, 2.05) is 30.3 Å². The van der Waals surface area contributed by atoms with Crippen molar-refractivity contribution < 1.29 is 14.6 Å². The molecule has 7 nitrogen and oxygen atoms in total. The van der Waals surface area contributed by atoms with Crippen molar-refractivity contribution in [1.29, 1.82) is 0 Å². The molecule has 2 N–H and O–H groups in total. The Morgan fingerprint density at radius 3 is 2.28 bits per heavy atom. The number of aromatic hydroxyl groups is 1. The van der Waals surface area contributed by atoms with Crippen LogP contribution in [0.5, 0.6) is 17.2 Å². The molecule has 0 saturated carbocycles. The summed E-state index contributed by atoms with van der Waals surface area (Å²) in [7, 11) is 3.26. The van der Waals surface area contributed by atoms with E-state index < -0.39 is 5.91 Å². The van der Waals surface area contributed by atoms with E-state index in [9.17, 15) is 14.7 Å². The maximum Gasteiger partial charge on any atom is 0.328 e. The summed E-state index contributed by atoms with van der Waals surface area (Å²) in [6.07, 6.45) is 0. The molecule has 0 bridgehead atoms. The van der Waals surface area contributed by atoms with Crippen LogP contribution in [-0.2, 0) is 14.1 Å². The summed E-state index contributed by atoms with van der Waals surface area (Å²) in [6.45, 7) is 0. The number of rotatable bonds is 4. The van der Waals surface area contributed by atoms with Crippen molar-refractivity contribution in [3.63, 3.8) is 0 Å². The lowest BCUT2D eigenvalue weighted by Gasteiger charge is -2.10. The fraction of sp³-hybridized carbons (Fsp3) is 0.0909. The van der Waals surface area contributed by atoms with Gasteiger partial charge in [0.25, 0.3) is 5.91 Å². The number of ether oxygens (including phenoxy) is 1. The second kappa shape index (κ2) is 7.20. The minimum Gasteiger partial charge on any atom is -0.506 e. The highest BCUT2D eigenvalue weighted by atomic mass is 16.5. The minimum absolute atomic E-state index is 0.122. The Hall–Kier alpha value is -4.00. The number of benzene rings is 3. The van der Waals surface area contributed by atoms with E-state index in [4.69, 9.17) is 4.74 Å². The highest BCUT2D eigenvalue weighted by Gasteiger charge is 2.15. The van der Waals surface area contributed by atoms with Crippen molar-refractivity contribution >= 4 is 22.6 Å². The zero-order valence-electron chi connectivity index (χ0n) is 15.9. The minimum atomic E-state index is -0.404. The van der Waals surface area contributed by atoms with E-state index in [1.54, 1.807) is 44.4 Å². The Morgan fingerprint density at radius 2 is 1.55 bits per heavy atom. The van der Waals surface area contributed by atoms with Gasteiger partial charge in [-0.3, -0.25) is 13.9 Å². The second-order valence-electron chi connectivity index (χ2n) is 6.66. The fourth-order valence-electron chi connectivity index (χ4n) is 3.15. The summed E-state index contributed by atoms with van der Waals surface area (Å²) in [6, 6.07) is 19.1. The monoisotopic (exact) mass is 389 g/mol. The van der Waals surface area contributed by atoms with Gasteiger partial charge in [0.15, 0.2) is 0 Å². The van der Waals surface area contributed by atoms with Crippen molar-refractivity contribution in [2.45, 2.75) is 0 Å². The molecule has 0 aliphatic rings. The Morgan fingerprint density at radius 1 is 0.897 bits per heavy atom. The number of para-hydroxylation sites is 1. The van der Waals surface area contributed by atoms with E-state index in [0.29, 0.717) is 28.1 Å². The fourth-order valence-corrected chi connectivity index (χ4v) is 3.15. The summed E-state index contributed by atoms with van der Waals surface area (Å²) < 4.78 is 8.65. The topological polar surface area (TPSA) is 85.5 Å². The van der Waals surface area contributed by atoms with Crippen molar-refractivity contribution in [2.75, 3.05) is 5.32 Å². The summed E-state index contributed by atoms with van der Waals surface area (Å²) in [5.74, 6) is 0.662. The lowest BCUT2D eigenvalue weighted by Crippen LogP contribution is -2.19. The van der Waals surface area contributed by atoms with Gasteiger partial charge in [0.2, 0.25) is 0 Å². The second-order valence-corrected chi connectivity index (χ2v) is 6.66. The standard InChI is InChI=1S/C22H19N3O4/c1-24-18-12-17(20(26)13-19(18)25(2)22(24)28)23-21(27)14-7-6-10-16(11-14)29-15-8-4-3-5-9-15/h3-13,26H,1-2H3,(H,23,27). The maximum atomic E-state index is 12.7. The predicted molar refractivity (Wildman–Crippen MR) is 111 cm³/mol. The lowest BCUT2D eigenvalue weighted by molar-refractivity contribution is 0.102. The molecule has 0 fully saturated rings. The Kier molecular flexibility index (Phi) is 4.56. The zero-order chi connectivity index (χ0) is 20.5. The third-order valence-electron chi connectivity index (χ3n) is 4.71.